The number of piperazine rings is 1. The number of nitrogens with one attached hydrogen (secondary N) is 2. The van der Waals surface area contributed by atoms with Crippen molar-refractivity contribution >= 4 is 46.3 Å². The topological polar surface area (TPSA) is 164 Å². The van der Waals surface area contributed by atoms with Crippen LogP contribution < -0.4 is 20.4 Å². The Labute approximate surface area is 419 Å². The highest BCUT2D eigenvalue weighted by atomic mass is 32.1. The molecule has 0 radical (unpaired) electrons. The van der Waals surface area contributed by atoms with Crippen molar-refractivity contribution in [1.82, 2.24) is 45.0 Å². The van der Waals surface area contributed by atoms with Crippen molar-refractivity contribution in [2.24, 2.45) is 5.41 Å². The van der Waals surface area contributed by atoms with Crippen LogP contribution >= 0.6 is 11.3 Å². The number of pyridine rings is 1. The van der Waals surface area contributed by atoms with E-state index in [1.807, 2.05) is 103 Å². The van der Waals surface area contributed by atoms with Gasteiger partial charge < -0.3 is 35.3 Å². The van der Waals surface area contributed by atoms with Gasteiger partial charge in [-0.3, -0.25) is 14.4 Å². The molecule has 0 bridgehead atoms. The fourth-order valence-electron chi connectivity index (χ4n) is 10.3. The number of rotatable bonds is 17. The first-order valence-corrected chi connectivity index (χ1v) is 26.0. The van der Waals surface area contributed by atoms with Gasteiger partial charge in [0.05, 0.1) is 46.2 Å². The van der Waals surface area contributed by atoms with Crippen molar-refractivity contribution in [3.63, 3.8) is 0 Å². The Hall–Kier alpha value is -6.30. The second-order valence-corrected chi connectivity index (χ2v) is 21.1. The number of imidazole rings is 1. The van der Waals surface area contributed by atoms with Gasteiger partial charge in [0, 0.05) is 58.7 Å². The third kappa shape index (κ3) is 11.6. The summed E-state index contributed by atoms with van der Waals surface area (Å²) >= 11 is 1.60. The molecule has 3 amide bonds. The predicted octanol–water partition coefficient (Wildman–Crippen LogP) is 7.59. The van der Waals surface area contributed by atoms with Crippen LogP contribution in [0.5, 0.6) is 0 Å². The number of halogens is 1. The number of nitrogens with zero attached hydrogens (tertiary/aromatic N) is 9. The average molecular weight is 984 g/mol. The van der Waals surface area contributed by atoms with Crippen LogP contribution in [0.15, 0.2) is 90.6 Å². The number of carbonyl (C=O) groups is 3. The zero-order chi connectivity index (χ0) is 49.6. The molecular weight excluding hydrogens is 918 g/mol. The summed E-state index contributed by atoms with van der Waals surface area (Å²) in [5.74, 6) is 1.14. The number of fused-ring (bicyclic) bond motifs is 1. The molecule has 374 valence electrons. The van der Waals surface area contributed by atoms with Crippen molar-refractivity contribution < 1.29 is 23.9 Å². The lowest BCUT2D eigenvalue weighted by atomic mass is 9.85. The molecule has 4 aromatic heterocycles. The summed E-state index contributed by atoms with van der Waals surface area (Å²) in [5.41, 5.74) is 7.63. The average Bonchev–Trinajstić information content (AvgIpc) is 4.21. The first-order chi connectivity index (χ1) is 34.3. The molecule has 4 atom stereocenters. The molecule has 3 saturated heterocycles. The minimum absolute atomic E-state index is 0.0485. The normalized spacial score (nSPS) is 18.9. The third-order valence-corrected chi connectivity index (χ3v) is 15.1. The van der Waals surface area contributed by atoms with E-state index in [-0.39, 0.29) is 42.5 Å². The maximum absolute atomic E-state index is 14.2. The Kier molecular flexibility index (Phi) is 15.4. The monoisotopic (exact) mass is 984 g/mol. The minimum atomic E-state index is -0.771. The molecular formula is C54H66FN11O4S. The molecule has 3 N–H and O–H groups in total. The van der Waals surface area contributed by atoms with E-state index in [0.717, 1.165) is 101 Å². The van der Waals surface area contributed by atoms with E-state index in [4.69, 9.17) is 10.1 Å². The maximum atomic E-state index is 14.2. The lowest BCUT2D eigenvalue weighted by Gasteiger charge is -2.35. The molecule has 3 fully saturated rings. The van der Waals surface area contributed by atoms with Gasteiger partial charge in [-0.05, 0) is 97.7 Å². The maximum Gasteiger partial charge on any atom is 0.243 e. The van der Waals surface area contributed by atoms with E-state index in [1.165, 1.54) is 6.07 Å². The molecule has 2 aromatic carbocycles. The van der Waals surface area contributed by atoms with Crippen LogP contribution in [0, 0.1) is 18.2 Å². The van der Waals surface area contributed by atoms with Gasteiger partial charge in [0.25, 0.3) is 0 Å². The molecule has 0 aliphatic carbocycles. The van der Waals surface area contributed by atoms with Gasteiger partial charge in [0.15, 0.2) is 5.65 Å². The molecule has 71 heavy (non-hydrogen) atoms. The number of aliphatic hydroxyl groups excluding tert-OH is 1. The Morgan fingerprint density at radius 2 is 1.69 bits per heavy atom. The number of unbranched alkanes of at least 4 members (excludes halogenated alkanes) is 3. The van der Waals surface area contributed by atoms with Gasteiger partial charge in [-0.25, -0.2) is 23.9 Å². The molecule has 9 rings (SSSR count). The quantitative estimate of drug-likeness (QED) is 0.0772. The molecule has 3 aliphatic heterocycles. The first kappa shape index (κ1) is 49.7. The number of amides is 3. The molecule has 7 heterocycles. The molecule has 3 aliphatic rings. The number of aliphatic hydroxyl groups is 1. The predicted molar refractivity (Wildman–Crippen MR) is 275 cm³/mol. The highest BCUT2D eigenvalue weighted by molar-refractivity contribution is 7.13. The van der Waals surface area contributed by atoms with Gasteiger partial charge in [-0.1, -0.05) is 76.1 Å². The number of aromatic nitrogens is 5. The van der Waals surface area contributed by atoms with Crippen LogP contribution in [0.3, 0.4) is 0 Å². The van der Waals surface area contributed by atoms with Crippen molar-refractivity contribution in [1.29, 1.82) is 0 Å². The van der Waals surface area contributed by atoms with Crippen LogP contribution in [0.25, 0.3) is 27.5 Å². The first-order valence-electron chi connectivity index (χ1n) is 25.2. The number of hydrogen-bond donors (Lipinski definition) is 3. The van der Waals surface area contributed by atoms with E-state index in [9.17, 15) is 23.9 Å². The molecule has 17 heteroatoms. The summed E-state index contributed by atoms with van der Waals surface area (Å²) in [6.07, 6.45) is 7.10. The number of benzene rings is 2. The number of β-amino-alcohol motifs (C(OH)–C–C–N with tert-alkyl or cyclic N) is 1. The molecule has 0 saturated carbocycles. The standard InChI is InChI=1S/C54H66FN11O4S/c1-36-50(71-35-59-36)38-20-18-37(19-21-38)32-58-52(69)44-31-41(67)34-65(44)53(70)51(54(2,3)4)56-24-8-6-5-7-17-49(68)63-28-26-62(27-29-63)47-16-10-14-42(60-47)45-33-57-46-22-23-48(61-66(45)46)64-25-11-15-43(64)39-12-9-13-40(55)30-39/h9-10,12-14,16,18-23,30,33,35,41,43-44,51,56,67H,5-8,11,15,17,24-29,31-32,34H2,1-4H3,(H,58,69)/t41-,43-,44+,51-/m1/s1. The van der Waals surface area contributed by atoms with Crippen LogP contribution in [0.2, 0.25) is 0 Å². The van der Waals surface area contributed by atoms with Crippen molar-refractivity contribution in [3.05, 3.63) is 113 Å². The Bertz CT molecular complexity index is 2800. The van der Waals surface area contributed by atoms with Crippen molar-refractivity contribution in [2.45, 2.75) is 110 Å². The van der Waals surface area contributed by atoms with Gasteiger partial charge >= 0.3 is 0 Å². The smallest absolute Gasteiger partial charge is 0.243 e. The van der Waals surface area contributed by atoms with Crippen molar-refractivity contribution in [3.8, 4) is 21.8 Å². The SMILES string of the molecule is Cc1ncsc1-c1ccc(CNC(=O)[C@@H]2C[C@@H](O)CN2C(=O)[C@@H](NCCCCCCC(=O)N2CCN(c3cccc(-c4cnc5ccc(N6CCC[C@@H]6c6cccc(F)c6)nn45)n3)CC2)C(C)(C)C)cc1. The van der Waals surface area contributed by atoms with E-state index < -0.39 is 23.6 Å². The number of likely N-dealkylation sites (tertiary alicyclic amines) is 1. The summed E-state index contributed by atoms with van der Waals surface area (Å²) in [4.78, 5) is 64.1. The molecule has 0 spiro atoms. The van der Waals surface area contributed by atoms with Gasteiger partial charge in [-0.2, -0.15) is 0 Å². The van der Waals surface area contributed by atoms with Gasteiger partial charge in [0.2, 0.25) is 17.7 Å². The summed E-state index contributed by atoms with van der Waals surface area (Å²) in [6, 6.07) is 23.6. The third-order valence-electron chi connectivity index (χ3n) is 14.2. The fourth-order valence-corrected chi connectivity index (χ4v) is 11.1. The Morgan fingerprint density at radius 1 is 0.901 bits per heavy atom. The molecule has 6 aromatic rings. The van der Waals surface area contributed by atoms with Gasteiger partial charge in [0.1, 0.15) is 29.2 Å². The van der Waals surface area contributed by atoms with Crippen LogP contribution in [-0.4, -0.2) is 121 Å². The van der Waals surface area contributed by atoms with Crippen LogP contribution in [-0.2, 0) is 20.9 Å². The number of aryl methyl sites for hydroxylation is 1. The van der Waals surface area contributed by atoms with Crippen LogP contribution in [0.4, 0.5) is 16.0 Å². The van der Waals surface area contributed by atoms with Gasteiger partial charge in [-0.15, -0.1) is 16.4 Å². The zero-order valence-corrected chi connectivity index (χ0v) is 42.1. The largest absolute Gasteiger partial charge is 0.391 e. The summed E-state index contributed by atoms with van der Waals surface area (Å²) < 4.78 is 16.0. The number of thiazole rings is 1. The second kappa shape index (κ2) is 22.0. The highest BCUT2D eigenvalue weighted by Crippen LogP contribution is 2.36. The highest BCUT2D eigenvalue weighted by Gasteiger charge is 2.44. The second-order valence-electron chi connectivity index (χ2n) is 20.3. The summed E-state index contributed by atoms with van der Waals surface area (Å²) in [6.45, 7) is 12.5. The number of anilines is 2. The lowest BCUT2D eigenvalue weighted by molar-refractivity contribution is -0.142. The lowest BCUT2D eigenvalue weighted by Crippen LogP contribution is -2.56. The Morgan fingerprint density at radius 3 is 2.45 bits per heavy atom. The van der Waals surface area contributed by atoms with E-state index in [2.05, 4.69) is 30.4 Å². The summed E-state index contributed by atoms with van der Waals surface area (Å²) in [7, 11) is 0. The zero-order valence-electron chi connectivity index (χ0n) is 41.3. The molecule has 0 unspecified atom stereocenters. The van der Waals surface area contributed by atoms with Crippen molar-refractivity contribution in [2.75, 3.05) is 55.6 Å². The number of hydrogen-bond acceptors (Lipinski definition) is 12. The molecule has 15 nitrogen and oxygen atoms in total. The Balaban J connectivity index is 0.705. The van der Waals surface area contributed by atoms with E-state index in [1.54, 1.807) is 34.6 Å². The fraction of sp³-hybridized carbons (Fsp3) is 0.463. The van der Waals surface area contributed by atoms with E-state index in [0.29, 0.717) is 45.7 Å². The number of carbonyl (C=O) groups excluding carboxylic acids is 3. The minimum Gasteiger partial charge on any atom is -0.391 e. The van der Waals surface area contributed by atoms with Crippen LogP contribution in [0.1, 0.15) is 95.0 Å². The van der Waals surface area contributed by atoms with E-state index >= 15 is 0 Å². The summed E-state index contributed by atoms with van der Waals surface area (Å²) in [5, 5.41) is 22.2.